The molecule has 0 saturated heterocycles. The van der Waals surface area contributed by atoms with Crippen LogP contribution >= 0.6 is 11.6 Å². The Morgan fingerprint density at radius 2 is 2.00 bits per heavy atom. The Kier molecular flexibility index (Phi) is 5.84. The van der Waals surface area contributed by atoms with Crippen LogP contribution in [0.4, 0.5) is 0 Å². The lowest BCUT2D eigenvalue weighted by Crippen LogP contribution is -2.10. The number of hydrogen-bond acceptors (Lipinski definition) is 3. The van der Waals surface area contributed by atoms with E-state index in [4.69, 9.17) is 26.2 Å². The lowest BCUT2D eigenvalue weighted by molar-refractivity contribution is -0.140. The molecule has 4 nitrogen and oxygen atoms in total. The molecule has 0 radical (unpaired) electrons. The summed E-state index contributed by atoms with van der Waals surface area (Å²) < 4.78 is 11.7. The fourth-order valence-corrected chi connectivity index (χ4v) is 3.67. The van der Waals surface area contributed by atoms with Crippen LogP contribution in [0.1, 0.15) is 54.2 Å². The van der Waals surface area contributed by atoms with Crippen molar-refractivity contribution in [1.82, 2.24) is 0 Å². The van der Waals surface area contributed by atoms with Gasteiger partial charge in [0.15, 0.2) is 0 Å². The van der Waals surface area contributed by atoms with Gasteiger partial charge < -0.3 is 14.6 Å². The zero-order chi connectivity index (χ0) is 18.7. The maximum atomic E-state index is 11.0. The summed E-state index contributed by atoms with van der Waals surface area (Å²) >= 11 is 6.21. The highest BCUT2D eigenvalue weighted by Crippen LogP contribution is 2.39. The molecule has 1 N–H and O–H groups in total. The van der Waals surface area contributed by atoms with Crippen LogP contribution in [-0.2, 0) is 16.0 Å². The van der Waals surface area contributed by atoms with Crippen LogP contribution in [0.25, 0.3) is 0 Å². The first kappa shape index (κ1) is 18.7. The number of ether oxygens (including phenoxy) is 2. The summed E-state index contributed by atoms with van der Waals surface area (Å²) in [5.74, 6) is -0.106. The quantitative estimate of drug-likeness (QED) is 0.717. The zero-order valence-corrected chi connectivity index (χ0v) is 15.8. The summed E-state index contributed by atoms with van der Waals surface area (Å²) in [5.41, 5.74) is 4.47. The number of carboxylic acids is 1. The SMILES string of the molecule is CCO[C@@H](CC(=O)O)c1ccc(O[C@@H]2CCc3c2ccc(Cl)c3C)cc1. The number of fused-ring (bicyclic) bond motifs is 1. The highest BCUT2D eigenvalue weighted by molar-refractivity contribution is 6.31. The summed E-state index contributed by atoms with van der Waals surface area (Å²) in [6, 6.07) is 11.5. The Morgan fingerprint density at radius 1 is 1.27 bits per heavy atom. The molecule has 2 atom stereocenters. The molecule has 2 aromatic carbocycles. The molecule has 0 aliphatic heterocycles. The van der Waals surface area contributed by atoms with Crippen LogP contribution in [-0.4, -0.2) is 17.7 Å². The largest absolute Gasteiger partial charge is 0.486 e. The van der Waals surface area contributed by atoms with Gasteiger partial charge in [-0.15, -0.1) is 0 Å². The molecule has 3 rings (SSSR count). The van der Waals surface area contributed by atoms with Crippen molar-refractivity contribution in [1.29, 1.82) is 0 Å². The molecule has 0 saturated carbocycles. The minimum atomic E-state index is -0.875. The van der Waals surface area contributed by atoms with Gasteiger partial charge in [0.25, 0.3) is 0 Å². The van der Waals surface area contributed by atoms with Crippen LogP contribution in [0.2, 0.25) is 5.02 Å². The summed E-state index contributed by atoms with van der Waals surface area (Å²) in [7, 11) is 0. The molecule has 0 bridgehead atoms. The number of aliphatic carboxylic acids is 1. The fourth-order valence-electron chi connectivity index (χ4n) is 3.49. The molecule has 0 amide bonds. The van der Waals surface area contributed by atoms with Gasteiger partial charge in [-0.1, -0.05) is 29.8 Å². The molecular weight excluding hydrogens is 352 g/mol. The van der Waals surface area contributed by atoms with Crippen LogP contribution in [0, 0.1) is 6.92 Å². The fraction of sp³-hybridized carbons (Fsp3) is 0.381. The molecule has 1 aliphatic carbocycles. The monoisotopic (exact) mass is 374 g/mol. The standard InChI is InChI=1S/C21H23ClO4/c1-3-25-20(12-21(23)24)14-4-6-15(7-5-14)26-19-11-9-16-13(2)18(22)10-8-17(16)19/h4-8,10,19-20H,3,9,11-12H2,1-2H3,(H,23,24)/t19-,20+/m1/s1. The van der Waals surface area contributed by atoms with Crippen molar-refractivity contribution in [3.8, 4) is 5.75 Å². The van der Waals surface area contributed by atoms with E-state index in [1.807, 2.05) is 37.3 Å². The van der Waals surface area contributed by atoms with E-state index in [2.05, 4.69) is 13.0 Å². The highest BCUT2D eigenvalue weighted by atomic mass is 35.5. The second-order valence-corrected chi connectivity index (χ2v) is 6.90. The lowest BCUT2D eigenvalue weighted by Gasteiger charge is -2.18. The molecule has 0 spiro atoms. The lowest BCUT2D eigenvalue weighted by atomic mass is 10.0. The van der Waals surface area contributed by atoms with Crippen LogP contribution < -0.4 is 4.74 Å². The second kappa shape index (κ2) is 8.11. The van der Waals surface area contributed by atoms with Gasteiger partial charge in [0.1, 0.15) is 11.9 Å². The molecule has 5 heteroatoms. The molecule has 0 heterocycles. The average molecular weight is 375 g/mol. The van der Waals surface area contributed by atoms with Gasteiger partial charge in [-0.3, -0.25) is 4.79 Å². The highest BCUT2D eigenvalue weighted by Gasteiger charge is 2.26. The Morgan fingerprint density at radius 3 is 2.65 bits per heavy atom. The summed E-state index contributed by atoms with van der Waals surface area (Å²) in [6.07, 6.45) is 1.43. The van der Waals surface area contributed by atoms with Crippen molar-refractivity contribution in [2.75, 3.05) is 6.61 Å². The van der Waals surface area contributed by atoms with Gasteiger partial charge in [0.2, 0.25) is 0 Å². The molecule has 1 aliphatic rings. The molecule has 26 heavy (non-hydrogen) atoms. The topological polar surface area (TPSA) is 55.8 Å². The van der Waals surface area contributed by atoms with Gasteiger partial charge >= 0.3 is 5.97 Å². The van der Waals surface area contributed by atoms with Gasteiger partial charge in [0.05, 0.1) is 12.5 Å². The first-order valence-corrected chi connectivity index (χ1v) is 9.25. The minimum Gasteiger partial charge on any atom is -0.486 e. The molecular formula is C21H23ClO4. The van der Waals surface area contributed by atoms with Crippen molar-refractivity contribution >= 4 is 17.6 Å². The van der Waals surface area contributed by atoms with E-state index >= 15 is 0 Å². The maximum Gasteiger partial charge on any atom is 0.306 e. The second-order valence-electron chi connectivity index (χ2n) is 6.50. The number of hydrogen-bond donors (Lipinski definition) is 1. The van der Waals surface area contributed by atoms with Crippen molar-refractivity contribution in [3.05, 3.63) is 63.7 Å². The number of carbonyl (C=O) groups is 1. The summed E-state index contributed by atoms with van der Waals surface area (Å²) in [5, 5.41) is 9.84. The Bertz CT molecular complexity index is 785. The van der Waals surface area contributed by atoms with Crippen LogP contribution in [0.5, 0.6) is 5.75 Å². The zero-order valence-electron chi connectivity index (χ0n) is 15.0. The van der Waals surface area contributed by atoms with Crippen molar-refractivity contribution in [3.63, 3.8) is 0 Å². The van der Waals surface area contributed by atoms with Gasteiger partial charge in [-0.2, -0.15) is 0 Å². The minimum absolute atomic E-state index is 0.0218. The molecule has 138 valence electrons. The summed E-state index contributed by atoms with van der Waals surface area (Å²) in [6.45, 7) is 4.38. The van der Waals surface area contributed by atoms with E-state index in [1.165, 1.54) is 11.1 Å². The third-order valence-electron chi connectivity index (χ3n) is 4.83. The van der Waals surface area contributed by atoms with Crippen molar-refractivity contribution in [2.24, 2.45) is 0 Å². The Balaban J connectivity index is 1.73. The van der Waals surface area contributed by atoms with E-state index in [1.54, 1.807) is 0 Å². The van der Waals surface area contributed by atoms with E-state index in [0.29, 0.717) is 6.61 Å². The van der Waals surface area contributed by atoms with Crippen molar-refractivity contribution < 1.29 is 19.4 Å². The number of halogens is 1. The Hall–Kier alpha value is -2.04. The van der Waals surface area contributed by atoms with Crippen LogP contribution in [0.15, 0.2) is 36.4 Å². The Labute approximate surface area is 158 Å². The van der Waals surface area contributed by atoms with Gasteiger partial charge in [-0.05, 0) is 67.1 Å². The van der Waals surface area contributed by atoms with Crippen LogP contribution in [0.3, 0.4) is 0 Å². The molecule has 0 aromatic heterocycles. The maximum absolute atomic E-state index is 11.0. The third-order valence-corrected chi connectivity index (χ3v) is 5.24. The van der Waals surface area contributed by atoms with E-state index in [0.717, 1.165) is 34.7 Å². The predicted molar refractivity (Wildman–Crippen MR) is 101 cm³/mol. The normalized spacial score (nSPS) is 17.0. The number of rotatable bonds is 7. The predicted octanol–water partition coefficient (Wildman–Crippen LogP) is 5.27. The number of carboxylic acid groups (broad SMARTS) is 1. The smallest absolute Gasteiger partial charge is 0.306 e. The van der Waals surface area contributed by atoms with E-state index < -0.39 is 12.1 Å². The number of benzene rings is 2. The first-order valence-electron chi connectivity index (χ1n) is 8.87. The van der Waals surface area contributed by atoms with Crippen molar-refractivity contribution in [2.45, 2.75) is 45.3 Å². The molecule has 0 unspecified atom stereocenters. The van der Waals surface area contributed by atoms with Gasteiger partial charge in [-0.25, -0.2) is 0 Å². The third kappa shape index (κ3) is 4.02. The summed E-state index contributed by atoms with van der Waals surface area (Å²) in [4.78, 5) is 11.0. The molecule has 2 aromatic rings. The average Bonchev–Trinajstić information content (AvgIpc) is 3.02. The van der Waals surface area contributed by atoms with E-state index in [9.17, 15) is 4.79 Å². The first-order chi connectivity index (χ1) is 12.5. The molecule has 0 fully saturated rings. The van der Waals surface area contributed by atoms with E-state index in [-0.39, 0.29) is 12.5 Å². The van der Waals surface area contributed by atoms with Gasteiger partial charge in [0, 0.05) is 11.6 Å².